The van der Waals surface area contributed by atoms with Gasteiger partial charge in [-0.25, -0.2) is 0 Å². The smallest absolute Gasteiger partial charge is 0.253 e. The van der Waals surface area contributed by atoms with Crippen molar-refractivity contribution in [3.63, 3.8) is 0 Å². The van der Waals surface area contributed by atoms with E-state index in [1.165, 1.54) is 0 Å². The van der Waals surface area contributed by atoms with E-state index in [1.807, 2.05) is 0 Å². The fraction of sp³-hybridized carbons (Fsp3) is 0.500. The molecule has 0 aliphatic carbocycles. The monoisotopic (exact) mass is 263 g/mol. The van der Waals surface area contributed by atoms with Gasteiger partial charge in [-0.05, 0) is 36.5 Å². The van der Waals surface area contributed by atoms with E-state index < -0.39 is 0 Å². The van der Waals surface area contributed by atoms with Crippen molar-refractivity contribution in [1.29, 1.82) is 0 Å². The maximum absolute atomic E-state index is 12.1. The van der Waals surface area contributed by atoms with Gasteiger partial charge in [0.1, 0.15) is 0 Å². The molecule has 0 bridgehead atoms. The van der Waals surface area contributed by atoms with Crippen LogP contribution in [0.1, 0.15) is 30.1 Å². The maximum atomic E-state index is 12.1. The van der Waals surface area contributed by atoms with Crippen LogP contribution in [0, 0.1) is 5.41 Å². The molecule has 1 aliphatic rings. The summed E-state index contributed by atoms with van der Waals surface area (Å²) >= 11 is 0. The van der Waals surface area contributed by atoms with E-state index in [1.54, 1.807) is 18.2 Å². The molecule has 0 saturated carbocycles. The second kappa shape index (κ2) is 5.48. The average Bonchev–Trinajstić information content (AvgIpc) is 2.37. The summed E-state index contributed by atoms with van der Waals surface area (Å²) in [4.78, 5) is 12.1. The highest BCUT2D eigenvalue weighted by molar-refractivity contribution is 5.99. The highest BCUT2D eigenvalue weighted by Gasteiger charge is 2.28. The molecule has 1 fully saturated rings. The number of anilines is 2. The summed E-state index contributed by atoms with van der Waals surface area (Å²) in [6, 6.07) is 4.94. The van der Waals surface area contributed by atoms with Gasteiger partial charge in [0.25, 0.3) is 5.91 Å². The van der Waals surface area contributed by atoms with Gasteiger partial charge in [0, 0.05) is 31.1 Å². The number of hydrogen-bond donors (Lipinski definition) is 3. The molecular formula is C14H21N3O2. The Bertz CT molecular complexity index is 468. The van der Waals surface area contributed by atoms with Crippen LogP contribution in [0.15, 0.2) is 18.2 Å². The standard InChI is InChI=1S/C14H21N3O2/c1-14(4-6-19-7-5-14)9-17-13(18)11-3-2-10(15)8-12(11)16/h2-3,8H,4-7,9,15-16H2,1H3,(H,17,18). The van der Waals surface area contributed by atoms with Crippen molar-refractivity contribution in [1.82, 2.24) is 5.32 Å². The van der Waals surface area contributed by atoms with Gasteiger partial charge in [-0.15, -0.1) is 0 Å². The summed E-state index contributed by atoms with van der Waals surface area (Å²) in [6.45, 7) is 4.33. The molecule has 1 aromatic rings. The lowest BCUT2D eigenvalue weighted by atomic mass is 9.82. The number of hydrogen-bond acceptors (Lipinski definition) is 4. The van der Waals surface area contributed by atoms with Crippen molar-refractivity contribution >= 4 is 17.3 Å². The van der Waals surface area contributed by atoms with E-state index in [-0.39, 0.29) is 11.3 Å². The van der Waals surface area contributed by atoms with Crippen LogP contribution in [-0.4, -0.2) is 25.7 Å². The zero-order chi connectivity index (χ0) is 13.9. The van der Waals surface area contributed by atoms with Crippen molar-refractivity contribution in [2.75, 3.05) is 31.2 Å². The van der Waals surface area contributed by atoms with E-state index in [4.69, 9.17) is 16.2 Å². The molecule has 1 heterocycles. The van der Waals surface area contributed by atoms with Crippen molar-refractivity contribution in [3.05, 3.63) is 23.8 Å². The molecule has 0 aromatic heterocycles. The molecule has 1 amide bonds. The van der Waals surface area contributed by atoms with Crippen LogP contribution in [-0.2, 0) is 4.74 Å². The summed E-state index contributed by atoms with van der Waals surface area (Å²) in [7, 11) is 0. The molecule has 1 aromatic carbocycles. The first kappa shape index (κ1) is 13.7. The van der Waals surface area contributed by atoms with Gasteiger partial charge in [0.2, 0.25) is 0 Å². The van der Waals surface area contributed by atoms with E-state index in [2.05, 4.69) is 12.2 Å². The average molecular weight is 263 g/mol. The van der Waals surface area contributed by atoms with Crippen LogP contribution in [0.4, 0.5) is 11.4 Å². The SMILES string of the molecule is CC1(CNC(=O)c2ccc(N)cc2N)CCOCC1. The van der Waals surface area contributed by atoms with Crippen LogP contribution in [0.3, 0.4) is 0 Å². The molecule has 1 aliphatic heterocycles. The normalized spacial score (nSPS) is 17.9. The Labute approximate surface area is 113 Å². The Morgan fingerprint density at radius 1 is 1.37 bits per heavy atom. The topological polar surface area (TPSA) is 90.4 Å². The van der Waals surface area contributed by atoms with Crippen molar-refractivity contribution in [3.8, 4) is 0 Å². The van der Waals surface area contributed by atoms with Gasteiger partial charge >= 0.3 is 0 Å². The van der Waals surface area contributed by atoms with Gasteiger partial charge < -0.3 is 21.5 Å². The summed E-state index contributed by atoms with van der Waals surface area (Å²) in [5, 5.41) is 2.95. The van der Waals surface area contributed by atoms with Crippen LogP contribution < -0.4 is 16.8 Å². The molecule has 5 nitrogen and oxygen atoms in total. The van der Waals surface area contributed by atoms with Gasteiger partial charge in [-0.1, -0.05) is 6.92 Å². The zero-order valence-corrected chi connectivity index (χ0v) is 11.2. The number of nitrogens with one attached hydrogen (secondary N) is 1. The number of amides is 1. The number of nitrogens with two attached hydrogens (primary N) is 2. The van der Waals surface area contributed by atoms with E-state index >= 15 is 0 Å². The first-order chi connectivity index (χ1) is 9.00. The molecule has 5 N–H and O–H groups in total. The molecule has 1 saturated heterocycles. The highest BCUT2D eigenvalue weighted by atomic mass is 16.5. The second-order valence-corrected chi connectivity index (χ2v) is 5.45. The Morgan fingerprint density at radius 2 is 2.05 bits per heavy atom. The predicted molar refractivity (Wildman–Crippen MR) is 75.8 cm³/mol. The third kappa shape index (κ3) is 3.38. The third-order valence-electron chi connectivity index (χ3n) is 3.70. The minimum atomic E-state index is -0.148. The van der Waals surface area contributed by atoms with Gasteiger partial charge in [0.05, 0.1) is 5.56 Å². The number of ether oxygens (including phenoxy) is 1. The number of carbonyl (C=O) groups is 1. The fourth-order valence-corrected chi connectivity index (χ4v) is 2.22. The molecule has 0 spiro atoms. The Kier molecular flexibility index (Phi) is 3.95. The van der Waals surface area contributed by atoms with Crippen molar-refractivity contribution < 1.29 is 9.53 Å². The predicted octanol–water partition coefficient (Wildman–Crippen LogP) is 1.40. The Balaban J connectivity index is 1.97. The van der Waals surface area contributed by atoms with Gasteiger partial charge in [-0.2, -0.15) is 0 Å². The van der Waals surface area contributed by atoms with E-state index in [0.717, 1.165) is 26.1 Å². The van der Waals surface area contributed by atoms with Gasteiger partial charge in [-0.3, -0.25) is 4.79 Å². The lowest BCUT2D eigenvalue weighted by molar-refractivity contribution is 0.0238. The first-order valence-corrected chi connectivity index (χ1v) is 6.51. The minimum absolute atomic E-state index is 0.108. The molecule has 5 heteroatoms. The molecule has 0 radical (unpaired) electrons. The molecule has 19 heavy (non-hydrogen) atoms. The molecule has 104 valence electrons. The Morgan fingerprint density at radius 3 is 2.68 bits per heavy atom. The zero-order valence-electron chi connectivity index (χ0n) is 11.2. The highest BCUT2D eigenvalue weighted by Crippen LogP contribution is 2.28. The first-order valence-electron chi connectivity index (χ1n) is 6.51. The second-order valence-electron chi connectivity index (χ2n) is 5.45. The number of carbonyl (C=O) groups excluding carboxylic acids is 1. The van der Waals surface area contributed by atoms with Crippen molar-refractivity contribution in [2.45, 2.75) is 19.8 Å². The number of rotatable bonds is 3. The largest absolute Gasteiger partial charge is 0.399 e. The summed E-state index contributed by atoms with van der Waals surface area (Å²) in [5.74, 6) is -0.148. The van der Waals surface area contributed by atoms with Crippen LogP contribution in [0.25, 0.3) is 0 Å². The Hall–Kier alpha value is -1.75. The number of nitrogen functional groups attached to an aromatic ring is 2. The van der Waals surface area contributed by atoms with E-state index in [0.29, 0.717) is 23.5 Å². The summed E-state index contributed by atoms with van der Waals surface area (Å²) in [6.07, 6.45) is 1.93. The maximum Gasteiger partial charge on any atom is 0.253 e. The number of benzene rings is 1. The third-order valence-corrected chi connectivity index (χ3v) is 3.70. The molecular weight excluding hydrogens is 242 g/mol. The molecule has 2 rings (SSSR count). The lowest BCUT2D eigenvalue weighted by Gasteiger charge is -2.33. The van der Waals surface area contributed by atoms with Crippen LogP contribution in [0.5, 0.6) is 0 Å². The van der Waals surface area contributed by atoms with Crippen LogP contribution in [0.2, 0.25) is 0 Å². The van der Waals surface area contributed by atoms with Crippen LogP contribution >= 0.6 is 0 Å². The quantitative estimate of drug-likeness (QED) is 0.719. The molecule has 0 unspecified atom stereocenters. The lowest BCUT2D eigenvalue weighted by Crippen LogP contribution is -2.39. The van der Waals surface area contributed by atoms with Gasteiger partial charge in [0.15, 0.2) is 0 Å². The summed E-state index contributed by atoms with van der Waals surface area (Å²) in [5.41, 5.74) is 13.0. The fourth-order valence-electron chi connectivity index (χ4n) is 2.22. The summed E-state index contributed by atoms with van der Waals surface area (Å²) < 4.78 is 5.34. The van der Waals surface area contributed by atoms with E-state index in [9.17, 15) is 4.79 Å². The van der Waals surface area contributed by atoms with Crippen molar-refractivity contribution in [2.24, 2.45) is 5.41 Å². The molecule has 0 atom stereocenters. The minimum Gasteiger partial charge on any atom is -0.399 e.